The summed E-state index contributed by atoms with van der Waals surface area (Å²) in [7, 11) is 9.64. The van der Waals surface area contributed by atoms with Gasteiger partial charge in [-0.05, 0) is 199 Å². The number of benzene rings is 5. The number of amides is 12. The number of halogens is 2. The molecule has 34 heteroatoms. The molecule has 0 bridgehead atoms. The van der Waals surface area contributed by atoms with Crippen molar-refractivity contribution < 1.29 is 89.8 Å². The molecule has 136 heavy (non-hydrogen) atoms. The van der Waals surface area contributed by atoms with Gasteiger partial charge >= 0.3 is 11.9 Å². The molecule has 4 aromatic carbocycles. The van der Waals surface area contributed by atoms with Gasteiger partial charge in [-0.1, -0.05) is 95.2 Å². The summed E-state index contributed by atoms with van der Waals surface area (Å²) < 4.78 is 48.5. The van der Waals surface area contributed by atoms with Crippen molar-refractivity contribution in [1.29, 1.82) is 0 Å². The fourth-order valence-corrected chi connectivity index (χ4v) is 19.6. The first-order chi connectivity index (χ1) is 65.2. The molecule has 726 valence electrons. The number of hydrogen-bond donors (Lipinski definition) is 7. The van der Waals surface area contributed by atoms with Crippen LogP contribution in [0.2, 0.25) is 0 Å². The van der Waals surface area contributed by atoms with Crippen molar-refractivity contribution in [2.75, 3.05) is 91.4 Å². The van der Waals surface area contributed by atoms with E-state index in [1.54, 1.807) is 26.1 Å². The number of cyclic esters (lactones) is 2. The number of carbonyl (C=O) groups excluding carboxylic acids is 14. The SMILES string of the molecule is C=C(CCCC[C@H]1C(=O)N[C@@H](C)C(=O)N2CCC[C@H]2C(=O)OC[C@H](NC(=O)[C@H](Cc2ccccc2)NC(=O)/C=C/CC)C(=O)N2CCC[C@H]2C(=O)N1C)Nc1ccc2c(c1)Cc1cc(N(C)C)cc3oc4cc(=[N+](C)C)ccc-4c-2c13.CCCC/C=C/C(=O)N[C@@H](Cc1cc(F)cc(F)c1)C(=O)N[C@H]1COC(=O)[C@@H]2C[C@@H](C)CN2C(=O)[C@H](C)NC(=O)[C@@H]2CCCCN2C(=O)[C@@H]2CCCN2C1=O. The van der Waals surface area contributed by atoms with E-state index in [2.05, 4.69) is 102 Å². The number of piperidine rings is 1. The Morgan fingerprint density at radius 1 is 0.581 bits per heavy atom. The number of fused-ring (bicyclic) bond motifs is 9. The smallest absolute Gasteiger partial charge is 0.328 e. The van der Waals surface area contributed by atoms with Gasteiger partial charge in [0.1, 0.15) is 123 Å². The van der Waals surface area contributed by atoms with E-state index in [4.69, 9.17) is 13.9 Å². The van der Waals surface area contributed by atoms with Gasteiger partial charge in [-0.25, -0.2) is 22.9 Å². The molecule has 7 fully saturated rings. The number of rotatable bonds is 24. The largest absolute Gasteiger partial charge is 0.461 e. The number of unbranched alkanes of at least 4 members (excludes halogenated alkanes) is 3. The molecule has 7 N–H and O–H groups in total. The van der Waals surface area contributed by atoms with E-state index in [1.165, 1.54) is 59.6 Å². The number of hydrogen-bond acceptors (Lipinski definition) is 19. The summed E-state index contributed by atoms with van der Waals surface area (Å²) in [6.45, 7) is 13.0. The summed E-state index contributed by atoms with van der Waals surface area (Å²) in [5.74, 6) is -9.75. The zero-order valence-electron chi connectivity index (χ0n) is 79.3. The van der Waals surface area contributed by atoms with Crippen molar-refractivity contribution in [3.63, 3.8) is 0 Å². The van der Waals surface area contributed by atoms with Crippen molar-refractivity contribution in [2.45, 2.75) is 242 Å². The first kappa shape index (κ1) is 100. The Morgan fingerprint density at radius 3 is 1.77 bits per heavy atom. The van der Waals surface area contributed by atoms with Crippen molar-refractivity contribution in [2.24, 2.45) is 5.92 Å². The summed E-state index contributed by atoms with van der Waals surface area (Å²) in [4.78, 5) is 206. The Kier molecular flexibility index (Phi) is 33.5. The molecule has 0 aromatic heterocycles. The number of likely N-dealkylation sites (N-methyl/N-ethyl adjacent to an activating group) is 1. The third-order valence-corrected chi connectivity index (χ3v) is 26.8. The highest BCUT2D eigenvalue weighted by molar-refractivity contribution is 6.08. The van der Waals surface area contributed by atoms with E-state index >= 15 is 0 Å². The highest BCUT2D eigenvalue weighted by Gasteiger charge is 2.49. The average molecular weight is 1870 g/mol. The molecule has 0 radical (unpaired) electrons. The van der Waals surface area contributed by atoms with Gasteiger partial charge in [0, 0.05) is 118 Å². The van der Waals surface area contributed by atoms with Gasteiger partial charge in [0.05, 0.1) is 6.07 Å². The number of nitrogens with zero attached hydrogens (tertiary/aromatic N) is 8. The molecule has 8 aliphatic heterocycles. The summed E-state index contributed by atoms with van der Waals surface area (Å²) >= 11 is 0. The van der Waals surface area contributed by atoms with Gasteiger partial charge in [-0.2, -0.15) is 0 Å². The van der Waals surface area contributed by atoms with Crippen LogP contribution >= 0.6 is 0 Å². The zero-order valence-corrected chi connectivity index (χ0v) is 79.3. The lowest BCUT2D eigenvalue weighted by Crippen LogP contribution is -2.62. The van der Waals surface area contributed by atoms with Crippen molar-refractivity contribution in [1.82, 2.24) is 65.9 Å². The molecule has 13 atom stereocenters. The Morgan fingerprint density at radius 2 is 1.15 bits per heavy atom. The van der Waals surface area contributed by atoms with Crippen LogP contribution in [-0.2, 0) is 95.9 Å². The predicted octanol–water partition coefficient (Wildman–Crippen LogP) is 7.64. The van der Waals surface area contributed by atoms with Crippen LogP contribution in [0.3, 0.4) is 0 Å². The van der Waals surface area contributed by atoms with E-state index < -0.39 is 180 Å². The second kappa shape index (κ2) is 45.4. The van der Waals surface area contributed by atoms with E-state index in [1.807, 2.05) is 79.3 Å². The Labute approximate surface area is 791 Å². The second-order valence-corrected chi connectivity index (χ2v) is 37.4. The summed E-state index contributed by atoms with van der Waals surface area (Å²) in [6.07, 6.45) is 15.4. The molecule has 7 saturated heterocycles. The minimum atomic E-state index is -1.55. The van der Waals surface area contributed by atoms with Gasteiger partial charge in [0.25, 0.3) is 0 Å². The van der Waals surface area contributed by atoms with Crippen LogP contribution in [-0.4, -0.2) is 266 Å². The first-order valence-corrected chi connectivity index (χ1v) is 47.7. The van der Waals surface area contributed by atoms with Crippen molar-refractivity contribution >= 4 is 105 Å². The van der Waals surface area contributed by atoms with Crippen molar-refractivity contribution in [3.05, 3.63) is 173 Å². The molecular formula is C102H128F2N15O17+. The molecular weight excluding hydrogens is 1750 g/mol. The monoisotopic (exact) mass is 1870 g/mol. The second-order valence-electron chi connectivity index (χ2n) is 37.4. The van der Waals surface area contributed by atoms with Gasteiger partial charge < -0.3 is 85.4 Å². The molecule has 12 amide bonds. The number of allylic oxidation sites excluding steroid dienone is 3. The van der Waals surface area contributed by atoms with Gasteiger partial charge in [0.2, 0.25) is 76.2 Å². The fraction of sp³-hybridized carbons (Fsp3) is 0.500. The quantitative estimate of drug-likeness (QED) is 0.0100. The molecule has 4 aromatic rings. The molecule has 14 rings (SSSR count). The van der Waals surface area contributed by atoms with E-state index in [-0.39, 0.29) is 82.7 Å². The maximum Gasteiger partial charge on any atom is 0.328 e. The first-order valence-electron chi connectivity index (χ1n) is 47.7. The zero-order chi connectivity index (χ0) is 97.5. The lowest BCUT2D eigenvalue weighted by atomic mass is 9.81. The maximum absolute atomic E-state index is 14.8. The van der Waals surface area contributed by atoms with Gasteiger partial charge in [-0.15, -0.1) is 0 Å². The number of carbonyl (C=O) groups is 14. The van der Waals surface area contributed by atoms with Crippen LogP contribution in [0, 0.1) is 17.6 Å². The summed E-state index contributed by atoms with van der Waals surface area (Å²) in [5, 5.41) is 22.0. The molecule has 0 saturated carbocycles. The molecule has 32 nitrogen and oxygen atoms in total. The van der Waals surface area contributed by atoms with Crippen LogP contribution in [0.5, 0.6) is 0 Å². The third kappa shape index (κ3) is 24.0. The van der Waals surface area contributed by atoms with Crippen LogP contribution in [0.1, 0.15) is 172 Å². The highest BCUT2D eigenvalue weighted by Crippen LogP contribution is 2.48. The normalized spacial score (nSPS) is 23.5. The third-order valence-electron chi connectivity index (χ3n) is 26.8. The van der Waals surface area contributed by atoms with Crippen LogP contribution in [0.4, 0.5) is 20.2 Å². The van der Waals surface area contributed by atoms with Crippen LogP contribution < -0.4 is 52.1 Å². The predicted molar refractivity (Wildman–Crippen MR) is 506 cm³/mol. The Hall–Kier alpha value is -13.2. The maximum atomic E-state index is 14.8. The minimum absolute atomic E-state index is 0.0586. The van der Waals surface area contributed by atoms with Gasteiger partial charge in [0.15, 0.2) is 0 Å². The highest BCUT2D eigenvalue weighted by atomic mass is 19.1. The van der Waals surface area contributed by atoms with E-state index in [0.717, 1.165) is 86.4 Å². The lowest BCUT2D eigenvalue weighted by Gasteiger charge is -2.39. The van der Waals surface area contributed by atoms with E-state index in [0.29, 0.717) is 89.5 Å². The number of ether oxygens (including phenoxy) is 2. The molecule has 0 spiro atoms. The molecule has 10 aliphatic rings. The number of esters is 2. The standard InChI is InChI=1S/C63H75N9O9.C39H52F2N6O8/c1-9-10-24-55(73)66-48(31-40-19-12-11-13-20-40)58(74)67-49-37-80-63(79)52-23-17-30-72(52)60(76)39(3)65-59(75)50(70(8)62(78)51-22-16-29-71(51)61(49)77)21-15-14-18-38(2)64-43-25-27-46-41(33-43)32-42-34-45(69(6)7)36-54-56(42)57(46)47-28-26-44(68(4)5)35-53(47)81-54;1-4-5-6-7-13-33(48)43-28(19-25-17-26(40)20-27(41)18-25)34(49)44-29-22-55-39(54)32-16-23(2)21-47(32)36(51)24(3)42-35(50)30-11-8-9-14-45(30)38(53)31-12-10-15-46(31)37(29)52/h10-13,19-20,24-28,33-36,39,48-52H,2,9,14-18,21-23,29-32,37H2,1,3-8H3,(H3,65,66,67,73,74,75);7,13,17-18,20,23-24,28-32H,4-6,8-12,14-16,19,21-22H2,1-3H3,(H,42,50)(H,43,48)(H,44,49)/p+1/b24-10+;13-7+/t39-,48-,49-,50-,51-,52-;23-,24+,28+,29+,30+,31+,32+/m01/s1. The number of anilines is 2. The van der Waals surface area contributed by atoms with E-state index in [9.17, 15) is 75.9 Å². The minimum Gasteiger partial charge on any atom is -0.461 e. The fourth-order valence-electron chi connectivity index (χ4n) is 19.6. The van der Waals surface area contributed by atoms with Gasteiger partial charge in [-0.3, -0.25) is 57.5 Å². The molecule has 2 aliphatic carbocycles. The topological polar surface area (TPSA) is 380 Å². The molecule has 0 unspecified atom stereocenters. The van der Waals surface area contributed by atoms with Crippen LogP contribution in [0.15, 0.2) is 138 Å². The average Bonchev–Trinajstić information content (AvgIpc) is 0.882. The molecule has 8 heterocycles. The Balaban J connectivity index is 0.000000248. The lowest BCUT2D eigenvalue weighted by molar-refractivity contribution is -0.158. The summed E-state index contributed by atoms with van der Waals surface area (Å²) in [5.41, 5.74) is 10.1. The summed E-state index contributed by atoms with van der Waals surface area (Å²) in [6, 6.07) is 15.4. The Bertz CT molecular complexity index is 5620. The number of nitrogens with one attached hydrogen (secondary N) is 7. The van der Waals surface area contributed by atoms with Crippen LogP contribution in [0.25, 0.3) is 33.4 Å². The van der Waals surface area contributed by atoms with Crippen molar-refractivity contribution in [3.8, 4) is 22.5 Å².